The monoisotopic (exact) mass is 407 g/mol. The van der Waals surface area contributed by atoms with E-state index < -0.39 is 0 Å². The SMILES string of the molecule is Cc1ccc(CC(=O)CCc2nnc(C3CC(CCC(C)C)C3)n2C2CC2)c(C)c1. The van der Waals surface area contributed by atoms with Gasteiger partial charge in [0.05, 0.1) is 0 Å². The molecule has 0 saturated heterocycles. The Kier molecular flexibility index (Phi) is 6.40. The summed E-state index contributed by atoms with van der Waals surface area (Å²) in [6, 6.07) is 6.93. The molecule has 2 aliphatic carbocycles. The van der Waals surface area contributed by atoms with Crippen molar-refractivity contribution in [3.63, 3.8) is 0 Å². The molecule has 1 heterocycles. The smallest absolute Gasteiger partial charge is 0.137 e. The lowest BCUT2D eigenvalue weighted by atomic mass is 9.71. The van der Waals surface area contributed by atoms with Gasteiger partial charge in [0.25, 0.3) is 0 Å². The molecule has 0 N–H and O–H groups in total. The van der Waals surface area contributed by atoms with Crippen LogP contribution < -0.4 is 0 Å². The summed E-state index contributed by atoms with van der Waals surface area (Å²) < 4.78 is 2.41. The van der Waals surface area contributed by atoms with Crippen molar-refractivity contribution < 1.29 is 4.79 Å². The molecule has 2 aromatic rings. The van der Waals surface area contributed by atoms with E-state index in [4.69, 9.17) is 0 Å². The van der Waals surface area contributed by atoms with Gasteiger partial charge in [-0.2, -0.15) is 0 Å². The number of hydrogen-bond donors (Lipinski definition) is 0. The third-order valence-electron chi connectivity index (χ3n) is 6.97. The molecular formula is C26H37N3O. The zero-order valence-electron chi connectivity index (χ0n) is 19.2. The van der Waals surface area contributed by atoms with Gasteiger partial charge in [0, 0.05) is 31.2 Å². The Balaban J connectivity index is 1.34. The molecule has 4 nitrogen and oxygen atoms in total. The maximum absolute atomic E-state index is 12.6. The van der Waals surface area contributed by atoms with E-state index in [0.29, 0.717) is 30.6 Å². The molecule has 162 valence electrons. The summed E-state index contributed by atoms with van der Waals surface area (Å²) >= 11 is 0. The van der Waals surface area contributed by atoms with E-state index in [9.17, 15) is 4.79 Å². The minimum absolute atomic E-state index is 0.297. The van der Waals surface area contributed by atoms with E-state index in [-0.39, 0.29) is 0 Å². The molecule has 1 aromatic heterocycles. The van der Waals surface area contributed by atoms with Gasteiger partial charge in [-0.1, -0.05) is 50.5 Å². The van der Waals surface area contributed by atoms with E-state index in [0.717, 1.165) is 29.6 Å². The first-order valence-corrected chi connectivity index (χ1v) is 11.9. The number of benzene rings is 1. The number of hydrogen-bond acceptors (Lipinski definition) is 3. The van der Waals surface area contributed by atoms with E-state index in [1.807, 2.05) is 0 Å². The van der Waals surface area contributed by atoms with E-state index in [1.165, 1.54) is 55.5 Å². The third kappa shape index (κ3) is 5.01. The van der Waals surface area contributed by atoms with Crippen LogP contribution in [0.1, 0.15) is 99.1 Å². The number of Topliss-reactive ketones (excluding diaryl/α,β-unsaturated/α-hetero) is 1. The molecule has 0 aliphatic heterocycles. The molecule has 0 amide bonds. The number of rotatable bonds is 10. The number of carbonyl (C=O) groups excluding carboxylic acids is 1. The second-order valence-corrected chi connectivity index (χ2v) is 10.2. The van der Waals surface area contributed by atoms with Gasteiger partial charge in [-0.05, 0) is 62.5 Å². The fourth-order valence-electron chi connectivity index (χ4n) is 4.86. The molecule has 1 aromatic carbocycles. The molecule has 4 heteroatoms. The minimum atomic E-state index is 0.297. The third-order valence-corrected chi connectivity index (χ3v) is 6.97. The second-order valence-electron chi connectivity index (χ2n) is 10.2. The first-order valence-electron chi connectivity index (χ1n) is 11.9. The van der Waals surface area contributed by atoms with E-state index in [2.05, 4.69) is 60.7 Å². The van der Waals surface area contributed by atoms with Gasteiger partial charge in [-0.25, -0.2) is 0 Å². The van der Waals surface area contributed by atoms with Gasteiger partial charge in [-0.3, -0.25) is 4.79 Å². The summed E-state index contributed by atoms with van der Waals surface area (Å²) in [5.74, 6) is 4.78. The zero-order valence-corrected chi connectivity index (χ0v) is 19.2. The Labute approximate surface area is 181 Å². The Morgan fingerprint density at radius 3 is 2.60 bits per heavy atom. The van der Waals surface area contributed by atoms with Crippen LogP contribution in [0.5, 0.6) is 0 Å². The summed E-state index contributed by atoms with van der Waals surface area (Å²) in [6.45, 7) is 8.81. The summed E-state index contributed by atoms with van der Waals surface area (Å²) in [7, 11) is 0. The largest absolute Gasteiger partial charge is 0.312 e. The maximum atomic E-state index is 12.6. The fourth-order valence-corrected chi connectivity index (χ4v) is 4.86. The topological polar surface area (TPSA) is 47.8 Å². The van der Waals surface area contributed by atoms with Crippen molar-refractivity contribution in [3.05, 3.63) is 46.5 Å². The molecule has 0 unspecified atom stereocenters. The van der Waals surface area contributed by atoms with Crippen LogP contribution in [0.2, 0.25) is 0 Å². The van der Waals surface area contributed by atoms with Crippen LogP contribution in [-0.2, 0) is 17.6 Å². The van der Waals surface area contributed by atoms with Crippen LogP contribution in [0, 0.1) is 25.7 Å². The molecule has 0 bridgehead atoms. The van der Waals surface area contributed by atoms with Crippen molar-refractivity contribution in [3.8, 4) is 0 Å². The van der Waals surface area contributed by atoms with Crippen LogP contribution in [0.15, 0.2) is 18.2 Å². The van der Waals surface area contributed by atoms with Gasteiger partial charge >= 0.3 is 0 Å². The van der Waals surface area contributed by atoms with Crippen LogP contribution in [0.4, 0.5) is 0 Å². The Bertz CT molecular complexity index is 888. The number of aryl methyl sites for hydroxylation is 3. The van der Waals surface area contributed by atoms with Crippen LogP contribution in [-0.4, -0.2) is 20.5 Å². The zero-order chi connectivity index (χ0) is 21.3. The number of ketones is 1. The lowest BCUT2D eigenvalue weighted by molar-refractivity contribution is -0.118. The van der Waals surface area contributed by atoms with Crippen molar-refractivity contribution in [1.29, 1.82) is 0 Å². The lowest BCUT2D eigenvalue weighted by Gasteiger charge is -2.35. The Morgan fingerprint density at radius 2 is 1.93 bits per heavy atom. The van der Waals surface area contributed by atoms with Gasteiger partial charge in [0.1, 0.15) is 17.4 Å². The molecule has 0 atom stereocenters. The Morgan fingerprint density at radius 1 is 1.17 bits per heavy atom. The van der Waals surface area contributed by atoms with Crippen molar-refractivity contribution in [2.75, 3.05) is 0 Å². The van der Waals surface area contributed by atoms with Gasteiger partial charge < -0.3 is 4.57 Å². The lowest BCUT2D eigenvalue weighted by Crippen LogP contribution is -2.25. The summed E-state index contributed by atoms with van der Waals surface area (Å²) in [4.78, 5) is 12.6. The van der Waals surface area contributed by atoms with Crippen molar-refractivity contribution >= 4 is 5.78 Å². The average molecular weight is 408 g/mol. The summed E-state index contributed by atoms with van der Waals surface area (Å²) in [6.07, 6.45) is 9.49. The highest BCUT2D eigenvalue weighted by molar-refractivity contribution is 5.81. The van der Waals surface area contributed by atoms with Crippen molar-refractivity contribution in [1.82, 2.24) is 14.8 Å². The summed E-state index contributed by atoms with van der Waals surface area (Å²) in [5, 5.41) is 9.16. The maximum Gasteiger partial charge on any atom is 0.137 e. The first-order chi connectivity index (χ1) is 14.4. The van der Waals surface area contributed by atoms with Gasteiger partial charge in [-0.15, -0.1) is 10.2 Å². The van der Waals surface area contributed by atoms with Crippen LogP contribution in [0.3, 0.4) is 0 Å². The molecule has 30 heavy (non-hydrogen) atoms. The van der Waals surface area contributed by atoms with Crippen LogP contribution in [0.25, 0.3) is 0 Å². The van der Waals surface area contributed by atoms with E-state index in [1.54, 1.807) is 0 Å². The highest BCUT2D eigenvalue weighted by Gasteiger charge is 2.37. The molecule has 2 fully saturated rings. The number of nitrogens with zero attached hydrogens (tertiary/aromatic N) is 3. The van der Waals surface area contributed by atoms with Crippen molar-refractivity contribution in [2.24, 2.45) is 11.8 Å². The molecule has 4 rings (SSSR count). The average Bonchev–Trinajstić information content (AvgIpc) is 3.41. The molecule has 2 saturated carbocycles. The predicted molar refractivity (Wildman–Crippen MR) is 121 cm³/mol. The van der Waals surface area contributed by atoms with Crippen LogP contribution >= 0.6 is 0 Å². The minimum Gasteiger partial charge on any atom is -0.312 e. The fraction of sp³-hybridized carbons (Fsp3) is 0.654. The normalized spacial score (nSPS) is 21.1. The quantitative estimate of drug-likeness (QED) is 0.492. The van der Waals surface area contributed by atoms with Gasteiger partial charge in [0.2, 0.25) is 0 Å². The van der Waals surface area contributed by atoms with E-state index >= 15 is 0 Å². The van der Waals surface area contributed by atoms with Gasteiger partial charge in [0.15, 0.2) is 0 Å². The molecule has 0 spiro atoms. The number of carbonyl (C=O) groups is 1. The first kappa shape index (κ1) is 21.3. The predicted octanol–water partition coefficient (Wildman–Crippen LogP) is 5.90. The second kappa shape index (κ2) is 9.03. The number of aromatic nitrogens is 3. The highest BCUT2D eigenvalue weighted by Crippen LogP contribution is 2.46. The molecular weight excluding hydrogens is 370 g/mol. The van der Waals surface area contributed by atoms with Crippen molar-refractivity contribution in [2.45, 2.75) is 97.4 Å². The molecule has 2 aliphatic rings. The summed E-state index contributed by atoms with van der Waals surface area (Å²) in [5.41, 5.74) is 3.61. The highest BCUT2D eigenvalue weighted by atomic mass is 16.1. The Hall–Kier alpha value is -1.97. The standard InChI is InChI=1S/C26H37N3O/c1-17(2)5-7-20-14-22(15-20)26-28-27-25(29(26)23-9-10-23)12-11-24(30)16-21-8-6-18(3)13-19(21)4/h6,8,13,17,20,22-23H,5,7,9-12,14-16H2,1-4H3. The molecule has 0 radical (unpaired) electrons.